The topological polar surface area (TPSA) is 30.7 Å². The Kier molecular flexibility index (Phi) is 3.63. The average molecular weight is 398 g/mol. The molecule has 0 amide bonds. The van der Waals surface area contributed by atoms with Crippen LogP contribution in [0.15, 0.2) is 29.1 Å². The molecule has 2 rings (SSSR count). The molecule has 0 saturated heterocycles. The molecule has 0 atom stereocenters. The van der Waals surface area contributed by atoms with Gasteiger partial charge in [0.1, 0.15) is 0 Å². The third-order valence-corrected chi connectivity index (χ3v) is 3.10. The Morgan fingerprint density at radius 1 is 1.47 bits per heavy atom. The van der Waals surface area contributed by atoms with E-state index in [1.807, 2.05) is 12.3 Å². The highest BCUT2D eigenvalue weighted by Crippen LogP contribution is 2.19. The fraction of sp³-hybridized carbons (Fsp3) is 0.111. The molecule has 0 unspecified atom stereocenters. The Labute approximate surface area is 114 Å². The lowest BCUT2D eigenvalue weighted by molar-refractivity contribution is 0.835. The molecule has 0 saturated carbocycles. The van der Waals surface area contributed by atoms with E-state index in [0.29, 0.717) is 5.88 Å². The van der Waals surface area contributed by atoms with Crippen molar-refractivity contribution in [2.75, 3.05) is 0 Å². The predicted octanol–water partition coefficient (Wildman–Crippen LogP) is 3.37. The Morgan fingerprint density at radius 2 is 2.27 bits per heavy atom. The summed E-state index contributed by atoms with van der Waals surface area (Å²) < 4.78 is 3.72. The van der Waals surface area contributed by atoms with Crippen molar-refractivity contribution < 1.29 is 0 Å². The van der Waals surface area contributed by atoms with Crippen molar-refractivity contribution in [1.82, 2.24) is 14.8 Å². The lowest BCUT2D eigenvalue weighted by Gasteiger charge is -2.05. The minimum absolute atomic E-state index is 0.415. The SMILES string of the molecule is ClCc1cc(Br)cnc1-n1cc(I)cn1. The van der Waals surface area contributed by atoms with E-state index in [0.717, 1.165) is 19.4 Å². The van der Waals surface area contributed by atoms with Crippen LogP contribution >= 0.6 is 50.1 Å². The van der Waals surface area contributed by atoms with Gasteiger partial charge < -0.3 is 0 Å². The average Bonchev–Trinajstić information content (AvgIpc) is 2.64. The van der Waals surface area contributed by atoms with E-state index in [4.69, 9.17) is 11.6 Å². The molecule has 0 fully saturated rings. The zero-order chi connectivity index (χ0) is 10.8. The zero-order valence-electron chi connectivity index (χ0n) is 7.49. The van der Waals surface area contributed by atoms with Crippen molar-refractivity contribution in [3.63, 3.8) is 0 Å². The van der Waals surface area contributed by atoms with Crippen molar-refractivity contribution >= 4 is 50.1 Å². The van der Waals surface area contributed by atoms with Crippen LogP contribution in [0.5, 0.6) is 0 Å². The lowest BCUT2D eigenvalue weighted by Crippen LogP contribution is -2.02. The van der Waals surface area contributed by atoms with Crippen LogP contribution in [0.1, 0.15) is 5.56 Å². The number of hydrogen-bond acceptors (Lipinski definition) is 2. The molecule has 3 nitrogen and oxygen atoms in total. The molecule has 0 aliphatic rings. The fourth-order valence-corrected chi connectivity index (χ4v) is 2.16. The van der Waals surface area contributed by atoms with Gasteiger partial charge >= 0.3 is 0 Å². The Morgan fingerprint density at radius 3 is 2.87 bits per heavy atom. The quantitative estimate of drug-likeness (QED) is 0.574. The van der Waals surface area contributed by atoms with Crippen LogP contribution in [0.3, 0.4) is 0 Å². The molecule has 0 spiro atoms. The second-order valence-corrected chi connectivity index (χ2v) is 5.30. The van der Waals surface area contributed by atoms with Crippen molar-refractivity contribution in [3.05, 3.63) is 38.3 Å². The van der Waals surface area contributed by atoms with Crippen molar-refractivity contribution in [3.8, 4) is 5.82 Å². The van der Waals surface area contributed by atoms with E-state index in [-0.39, 0.29) is 0 Å². The van der Waals surface area contributed by atoms with Crippen LogP contribution in [-0.2, 0) is 5.88 Å². The van der Waals surface area contributed by atoms with Crippen LogP contribution in [0.4, 0.5) is 0 Å². The summed E-state index contributed by atoms with van der Waals surface area (Å²) in [6, 6.07) is 1.95. The summed E-state index contributed by atoms with van der Waals surface area (Å²) in [4.78, 5) is 4.30. The van der Waals surface area contributed by atoms with Crippen molar-refractivity contribution in [1.29, 1.82) is 0 Å². The van der Waals surface area contributed by atoms with Gasteiger partial charge in [-0.1, -0.05) is 0 Å². The van der Waals surface area contributed by atoms with Gasteiger partial charge in [0.25, 0.3) is 0 Å². The standard InChI is InChI=1S/C9H6BrClIN3/c10-7-1-6(2-11)9(13-3-7)15-5-8(12)4-14-15/h1,3-5H,2H2. The first kappa shape index (κ1) is 11.3. The molecule has 15 heavy (non-hydrogen) atoms. The third kappa shape index (κ3) is 2.51. The molecule has 0 aromatic carbocycles. The Hall–Kier alpha value is -0.140. The molecule has 0 aliphatic heterocycles. The Bertz CT molecular complexity index is 486. The van der Waals surface area contributed by atoms with Crippen LogP contribution in [0, 0.1) is 3.57 Å². The molecular formula is C9H6BrClIN3. The number of hydrogen-bond donors (Lipinski definition) is 0. The fourth-order valence-electron chi connectivity index (χ4n) is 1.20. The van der Waals surface area contributed by atoms with Crippen LogP contribution in [0.25, 0.3) is 5.82 Å². The van der Waals surface area contributed by atoms with Gasteiger partial charge in [-0.3, -0.25) is 0 Å². The second kappa shape index (κ2) is 4.80. The maximum atomic E-state index is 5.86. The maximum Gasteiger partial charge on any atom is 0.157 e. The summed E-state index contributed by atoms with van der Waals surface area (Å²) in [6.45, 7) is 0. The number of halogens is 3. The van der Waals surface area contributed by atoms with E-state index in [1.54, 1.807) is 17.1 Å². The molecule has 2 heterocycles. The maximum absolute atomic E-state index is 5.86. The smallest absolute Gasteiger partial charge is 0.157 e. The van der Waals surface area contributed by atoms with Gasteiger partial charge in [0.2, 0.25) is 0 Å². The number of alkyl halides is 1. The van der Waals surface area contributed by atoms with E-state index in [2.05, 4.69) is 48.6 Å². The molecule has 0 aliphatic carbocycles. The van der Waals surface area contributed by atoms with Gasteiger partial charge in [0.05, 0.1) is 15.6 Å². The summed E-state index contributed by atoms with van der Waals surface area (Å²) in [5.74, 6) is 1.19. The van der Waals surface area contributed by atoms with Crippen molar-refractivity contribution in [2.24, 2.45) is 0 Å². The van der Waals surface area contributed by atoms with Crippen LogP contribution < -0.4 is 0 Å². The van der Waals surface area contributed by atoms with E-state index >= 15 is 0 Å². The van der Waals surface area contributed by atoms with Gasteiger partial charge in [-0.05, 0) is 44.6 Å². The highest BCUT2D eigenvalue weighted by Gasteiger charge is 2.07. The predicted molar refractivity (Wildman–Crippen MR) is 71.3 cm³/mol. The summed E-state index contributed by atoms with van der Waals surface area (Å²) in [6.07, 6.45) is 5.43. The largest absolute Gasteiger partial charge is 0.236 e. The van der Waals surface area contributed by atoms with Gasteiger partial charge in [-0.2, -0.15) is 5.10 Å². The summed E-state index contributed by atoms with van der Waals surface area (Å²) in [5, 5.41) is 4.20. The number of aromatic nitrogens is 3. The first-order valence-electron chi connectivity index (χ1n) is 4.11. The van der Waals surface area contributed by atoms with E-state index in [1.165, 1.54) is 0 Å². The van der Waals surface area contributed by atoms with Crippen LogP contribution in [-0.4, -0.2) is 14.8 Å². The molecule has 0 bridgehead atoms. The normalized spacial score (nSPS) is 10.6. The number of rotatable bonds is 2. The minimum Gasteiger partial charge on any atom is -0.236 e. The molecule has 6 heteroatoms. The monoisotopic (exact) mass is 397 g/mol. The summed E-state index contributed by atoms with van der Waals surface area (Å²) >= 11 is 11.4. The highest BCUT2D eigenvalue weighted by molar-refractivity contribution is 14.1. The Balaban J connectivity index is 2.52. The lowest BCUT2D eigenvalue weighted by atomic mass is 10.3. The van der Waals surface area contributed by atoms with Gasteiger partial charge in [-0.15, -0.1) is 11.6 Å². The zero-order valence-corrected chi connectivity index (χ0v) is 12.0. The summed E-state index contributed by atoms with van der Waals surface area (Å²) in [7, 11) is 0. The number of pyridine rings is 1. The van der Waals surface area contributed by atoms with E-state index in [9.17, 15) is 0 Å². The minimum atomic E-state index is 0.415. The molecule has 0 radical (unpaired) electrons. The second-order valence-electron chi connectivity index (χ2n) is 2.87. The summed E-state index contributed by atoms with van der Waals surface area (Å²) in [5.41, 5.74) is 0.950. The number of nitrogens with zero attached hydrogens (tertiary/aromatic N) is 3. The molecule has 0 N–H and O–H groups in total. The third-order valence-electron chi connectivity index (χ3n) is 1.82. The highest BCUT2D eigenvalue weighted by atomic mass is 127. The van der Waals surface area contributed by atoms with Gasteiger partial charge in [0, 0.05) is 22.4 Å². The first-order valence-corrected chi connectivity index (χ1v) is 6.52. The van der Waals surface area contributed by atoms with Crippen LogP contribution in [0.2, 0.25) is 0 Å². The molecule has 2 aromatic heterocycles. The van der Waals surface area contributed by atoms with Crippen molar-refractivity contribution in [2.45, 2.75) is 5.88 Å². The van der Waals surface area contributed by atoms with Gasteiger partial charge in [-0.25, -0.2) is 9.67 Å². The molecule has 2 aromatic rings. The van der Waals surface area contributed by atoms with Gasteiger partial charge in [0.15, 0.2) is 5.82 Å². The van der Waals surface area contributed by atoms with E-state index < -0.39 is 0 Å². The first-order chi connectivity index (χ1) is 7.20. The molecule has 78 valence electrons. The molecular weight excluding hydrogens is 392 g/mol.